The summed E-state index contributed by atoms with van der Waals surface area (Å²) in [5.41, 5.74) is 0. The summed E-state index contributed by atoms with van der Waals surface area (Å²) < 4.78 is 4.85. The molecule has 0 aliphatic carbocycles. The van der Waals surface area contributed by atoms with E-state index in [2.05, 4.69) is 0 Å². The minimum atomic E-state index is -0.423. The van der Waals surface area contributed by atoms with Crippen LogP contribution in [0.15, 0.2) is 0 Å². The fourth-order valence-electron chi connectivity index (χ4n) is 2.10. The molecule has 5 heteroatoms. The summed E-state index contributed by atoms with van der Waals surface area (Å²) in [5.74, 6) is 0. The fraction of sp³-hybridized carbons (Fsp3) is 0.875. The summed E-state index contributed by atoms with van der Waals surface area (Å²) in [6, 6.07) is -0.322. The molecule has 0 aromatic carbocycles. The molecular formula is C8H13NO4. The molecule has 0 spiro atoms. The van der Waals surface area contributed by atoms with E-state index in [9.17, 15) is 9.90 Å². The Hall–Kier alpha value is -0.810. The highest BCUT2D eigenvalue weighted by Gasteiger charge is 2.43. The van der Waals surface area contributed by atoms with Crippen molar-refractivity contribution in [3.8, 4) is 0 Å². The zero-order valence-electron chi connectivity index (χ0n) is 7.22. The van der Waals surface area contributed by atoms with Crippen LogP contribution in [-0.2, 0) is 4.74 Å². The van der Waals surface area contributed by atoms with Crippen LogP contribution in [0.4, 0.5) is 4.79 Å². The molecule has 2 rings (SSSR count). The SMILES string of the molecule is O=C1OC[C@H]2C[C@@H](O)C[C@@H](CO)N12. The molecule has 0 unspecified atom stereocenters. The number of aliphatic hydroxyl groups excluding tert-OH is 2. The van der Waals surface area contributed by atoms with E-state index in [0.717, 1.165) is 0 Å². The van der Waals surface area contributed by atoms with Crippen molar-refractivity contribution in [2.24, 2.45) is 0 Å². The number of piperidine rings is 1. The van der Waals surface area contributed by atoms with Crippen LogP contribution >= 0.6 is 0 Å². The average Bonchev–Trinajstić information content (AvgIpc) is 2.46. The fourth-order valence-corrected chi connectivity index (χ4v) is 2.10. The van der Waals surface area contributed by atoms with E-state index >= 15 is 0 Å². The summed E-state index contributed by atoms with van der Waals surface area (Å²) in [4.78, 5) is 12.7. The van der Waals surface area contributed by atoms with Crippen LogP contribution in [0.5, 0.6) is 0 Å². The Kier molecular flexibility index (Phi) is 2.13. The van der Waals surface area contributed by atoms with E-state index in [1.165, 1.54) is 0 Å². The molecule has 13 heavy (non-hydrogen) atoms. The topological polar surface area (TPSA) is 70.0 Å². The number of hydrogen-bond donors (Lipinski definition) is 2. The molecule has 74 valence electrons. The highest BCUT2D eigenvalue weighted by molar-refractivity contribution is 5.70. The van der Waals surface area contributed by atoms with Crippen molar-refractivity contribution >= 4 is 6.09 Å². The molecule has 2 N–H and O–H groups in total. The minimum Gasteiger partial charge on any atom is -0.447 e. The number of aliphatic hydroxyl groups is 2. The second-order valence-electron chi connectivity index (χ2n) is 3.60. The number of fused-ring (bicyclic) bond motifs is 1. The molecule has 1 amide bonds. The number of rotatable bonds is 1. The van der Waals surface area contributed by atoms with Gasteiger partial charge in [-0.25, -0.2) is 4.79 Å². The van der Waals surface area contributed by atoms with Gasteiger partial charge >= 0.3 is 6.09 Å². The van der Waals surface area contributed by atoms with Crippen molar-refractivity contribution in [2.45, 2.75) is 31.0 Å². The lowest BCUT2D eigenvalue weighted by Gasteiger charge is -2.36. The zero-order valence-corrected chi connectivity index (χ0v) is 7.22. The molecule has 3 atom stereocenters. The van der Waals surface area contributed by atoms with E-state index in [1.54, 1.807) is 4.90 Å². The van der Waals surface area contributed by atoms with Gasteiger partial charge in [0.2, 0.25) is 0 Å². The van der Waals surface area contributed by atoms with Crippen LogP contribution in [0.1, 0.15) is 12.8 Å². The molecule has 0 bridgehead atoms. The summed E-state index contributed by atoms with van der Waals surface area (Å²) in [6.07, 6.45) is 0.216. The van der Waals surface area contributed by atoms with Crippen LogP contribution in [0.25, 0.3) is 0 Å². The molecule has 0 radical (unpaired) electrons. The third kappa shape index (κ3) is 1.38. The molecule has 2 fully saturated rings. The predicted molar refractivity (Wildman–Crippen MR) is 43.1 cm³/mol. The Morgan fingerprint density at radius 3 is 3.00 bits per heavy atom. The molecule has 2 heterocycles. The second kappa shape index (κ2) is 3.16. The zero-order chi connectivity index (χ0) is 9.42. The number of carbonyl (C=O) groups excluding carboxylic acids is 1. The molecule has 2 aliphatic rings. The van der Waals surface area contributed by atoms with Gasteiger partial charge in [-0.2, -0.15) is 0 Å². The first kappa shape index (κ1) is 8.77. The third-order valence-corrected chi connectivity index (χ3v) is 2.70. The summed E-state index contributed by atoms with van der Waals surface area (Å²) in [5, 5.41) is 18.5. The van der Waals surface area contributed by atoms with Crippen molar-refractivity contribution in [3.63, 3.8) is 0 Å². The second-order valence-corrected chi connectivity index (χ2v) is 3.60. The van der Waals surface area contributed by atoms with Gasteiger partial charge in [-0.15, -0.1) is 0 Å². The standard InChI is InChI=1S/C8H13NO4/c10-3-5-1-7(11)2-6-4-13-8(12)9(5)6/h5-7,10-11H,1-4H2/t5-,6+,7-/m0/s1. The Balaban J connectivity index is 2.14. The van der Waals surface area contributed by atoms with Gasteiger partial charge in [0, 0.05) is 0 Å². The van der Waals surface area contributed by atoms with Crippen LogP contribution in [-0.4, -0.2) is 52.6 Å². The normalized spacial score (nSPS) is 38.8. The van der Waals surface area contributed by atoms with Crippen molar-refractivity contribution in [2.75, 3.05) is 13.2 Å². The first-order chi connectivity index (χ1) is 6.22. The van der Waals surface area contributed by atoms with Gasteiger partial charge in [-0.05, 0) is 12.8 Å². The summed E-state index contributed by atoms with van der Waals surface area (Å²) >= 11 is 0. The highest BCUT2D eigenvalue weighted by Crippen LogP contribution is 2.28. The van der Waals surface area contributed by atoms with Crippen LogP contribution < -0.4 is 0 Å². The number of amides is 1. The van der Waals surface area contributed by atoms with E-state index in [1.807, 2.05) is 0 Å². The lowest BCUT2D eigenvalue weighted by Crippen LogP contribution is -2.51. The summed E-state index contributed by atoms with van der Waals surface area (Å²) in [7, 11) is 0. The first-order valence-corrected chi connectivity index (χ1v) is 4.46. The number of nitrogens with zero attached hydrogens (tertiary/aromatic N) is 1. The number of ether oxygens (including phenoxy) is 1. The lowest BCUT2D eigenvalue weighted by molar-refractivity contribution is 0.0194. The van der Waals surface area contributed by atoms with Gasteiger partial charge in [0.25, 0.3) is 0 Å². The highest BCUT2D eigenvalue weighted by atomic mass is 16.6. The van der Waals surface area contributed by atoms with Crippen LogP contribution in [0.2, 0.25) is 0 Å². The molecular weight excluding hydrogens is 174 g/mol. The van der Waals surface area contributed by atoms with Crippen LogP contribution in [0, 0.1) is 0 Å². The van der Waals surface area contributed by atoms with Crippen molar-refractivity contribution in [1.82, 2.24) is 4.90 Å². The predicted octanol–water partition coefficient (Wildman–Crippen LogP) is -0.677. The number of carbonyl (C=O) groups is 1. The van der Waals surface area contributed by atoms with Crippen molar-refractivity contribution in [3.05, 3.63) is 0 Å². The minimum absolute atomic E-state index is 0.0478. The largest absolute Gasteiger partial charge is 0.447 e. The van der Waals surface area contributed by atoms with Gasteiger partial charge in [-0.1, -0.05) is 0 Å². The maximum Gasteiger partial charge on any atom is 0.410 e. The molecule has 2 aliphatic heterocycles. The van der Waals surface area contributed by atoms with Crippen molar-refractivity contribution < 1.29 is 19.7 Å². The van der Waals surface area contributed by atoms with Gasteiger partial charge in [0.15, 0.2) is 0 Å². The third-order valence-electron chi connectivity index (χ3n) is 2.70. The van der Waals surface area contributed by atoms with Gasteiger partial charge in [0.05, 0.1) is 24.8 Å². The quantitative estimate of drug-likeness (QED) is 0.570. The Labute approximate surface area is 75.9 Å². The smallest absolute Gasteiger partial charge is 0.410 e. The molecule has 2 saturated heterocycles. The van der Waals surface area contributed by atoms with Gasteiger partial charge in [0.1, 0.15) is 6.61 Å². The van der Waals surface area contributed by atoms with Crippen molar-refractivity contribution in [1.29, 1.82) is 0 Å². The Morgan fingerprint density at radius 1 is 1.54 bits per heavy atom. The molecule has 0 saturated carbocycles. The Morgan fingerprint density at radius 2 is 2.31 bits per heavy atom. The molecule has 5 nitrogen and oxygen atoms in total. The van der Waals surface area contributed by atoms with Crippen LogP contribution in [0.3, 0.4) is 0 Å². The first-order valence-electron chi connectivity index (χ1n) is 4.46. The van der Waals surface area contributed by atoms with E-state index in [-0.39, 0.29) is 24.8 Å². The number of hydrogen-bond acceptors (Lipinski definition) is 4. The maximum atomic E-state index is 11.2. The molecule has 0 aromatic rings. The average molecular weight is 187 g/mol. The Bertz CT molecular complexity index is 220. The summed E-state index contributed by atoms with van der Waals surface area (Å²) in [6.45, 7) is 0.231. The van der Waals surface area contributed by atoms with E-state index in [4.69, 9.17) is 9.84 Å². The molecule has 0 aromatic heterocycles. The van der Waals surface area contributed by atoms with E-state index in [0.29, 0.717) is 19.4 Å². The monoisotopic (exact) mass is 187 g/mol. The maximum absolute atomic E-state index is 11.2. The number of cyclic esters (lactones) is 1. The lowest BCUT2D eigenvalue weighted by atomic mass is 9.95. The van der Waals surface area contributed by atoms with Gasteiger partial charge < -0.3 is 14.9 Å². The van der Waals surface area contributed by atoms with E-state index < -0.39 is 6.10 Å². The van der Waals surface area contributed by atoms with Gasteiger partial charge in [-0.3, -0.25) is 4.90 Å².